The first kappa shape index (κ1) is 17.5. The average molecular weight is 300 g/mol. The van der Waals surface area contributed by atoms with E-state index in [1.54, 1.807) is 14.0 Å². The standard InChI is InChI=1S/C15H22F2N2O2/c1-4-19(7-8-20)10-15(21)18(3)11(2)12-5-6-13(16)14(17)9-12/h5-6,9,11,20H,4,7-8,10H2,1-3H3. The number of carbonyl (C=O) groups is 1. The quantitative estimate of drug-likeness (QED) is 0.835. The molecule has 1 aromatic rings. The molecule has 0 saturated carbocycles. The van der Waals surface area contributed by atoms with Crippen molar-refractivity contribution in [1.29, 1.82) is 0 Å². The Labute approximate surface area is 124 Å². The van der Waals surface area contributed by atoms with Gasteiger partial charge in [0.15, 0.2) is 11.6 Å². The van der Waals surface area contributed by atoms with Crippen molar-refractivity contribution in [2.45, 2.75) is 19.9 Å². The van der Waals surface area contributed by atoms with Gasteiger partial charge in [0.1, 0.15) is 0 Å². The highest BCUT2D eigenvalue weighted by Gasteiger charge is 2.20. The maximum atomic E-state index is 13.3. The Morgan fingerprint density at radius 3 is 2.52 bits per heavy atom. The molecule has 1 atom stereocenters. The monoisotopic (exact) mass is 300 g/mol. The van der Waals surface area contributed by atoms with Gasteiger partial charge in [-0.2, -0.15) is 0 Å². The number of rotatable bonds is 7. The predicted octanol–water partition coefficient (Wildman–Crippen LogP) is 1.80. The van der Waals surface area contributed by atoms with Crippen molar-refractivity contribution in [2.24, 2.45) is 0 Å². The average Bonchev–Trinajstić information content (AvgIpc) is 2.47. The third-order valence-electron chi connectivity index (χ3n) is 3.62. The molecule has 0 bridgehead atoms. The molecule has 1 unspecified atom stereocenters. The lowest BCUT2D eigenvalue weighted by Crippen LogP contribution is -2.40. The Bertz CT molecular complexity index is 483. The number of likely N-dealkylation sites (N-methyl/N-ethyl adjacent to an activating group) is 2. The van der Waals surface area contributed by atoms with Crippen LogP contribution in [0.2, 0.25) is 0 Å². The van der Waals surface area contributed by atoms with E-state index in [4.69, 9.17) is 5.11 Å². The number of benzene rings is 1. The summed E-state index contributed by atoms with van der Waals surface area (Å²) in [5.74, 6) is -1.96. The van der Waals surface area contributed by atoms with Crippen LogP contribution in [-0.2, 0) is 4.79 Å². The van der Waals surface area contributed by atoms with Crippen LogP contribution in [0.1, 0.15) is 25.5 Å². The highest BCUT2D eigenvalue weighted by molar-refractivity contribution is 5.78. The molecule has 1 N–H and O–H groups in total. The van der Waals surface area contributed by atoms with Gasteiger partial charge >= 0.3 is 0 Å². The third kappa shape index (κ3) is 4.75. The highest BCUT2D eigenvalue weighted by Crippen LogP contribution is 2.21. The molecule has 0 aliphatic rings. The van der Waals surface area contributed by atoms with Gasteiger partial charge in [-0.1, -0.05) is 13.0 Å². The second kappa shape index (κ2) is 8.05. The van der Waals surface area contributed by atoms with E-state index >= 15 is 0 Å². The summed E-state index contributed by atoms with van der Waals surface area (Å²) in [6.45, 7) is 4.91. The zero-order valence-electron chi connectivity index (χ0n) is 12.6. The van der Waals surface area contributed by atoms with E-state index in [1.165, 1.54) is 11.0 Å². The van der Waals surface area contributed by atoms with Crippen LogP contribution >= 0.6 is 0 Å². The summed E-state index contributed by atoms with van der Waals surface area (Å²) >= 11 is 0. The molecule has 0 aliphatic heterocycles. The van der Waals surface area contributed by atoms with Crippen molar-refractivity contribution in [1.82, 2.24) is 9.80 Å². The molecule has 6 heteroatoms. The molecule has 21 heavy (non-hydrogen) atoms. The Balaban J connectivity index is 2.74. The molecule has 4 nitrogen and oxygen atoms in total. The summed E-state index contributed by atoms with van der Waals surface area (Å²) in [7, 11) is 1.63. The van der Waals surface area contributed by atoms with Crippen LogP contribution < -0.4 is 0 Å². The van der Waals surface area contributed by atoms with E-state index in [0.29, 0.717) is 18.7 Å². The fourth-order valence-corrected chi connectivity index (χ4v) is 2.01. The first-order valence-electron chi connectivity index (χ1n) is 6.94. The van der Waals surface area contributed by atoms with Crippen LogP contribution in [-0.4, -0.2) is 54.1 Å². The minimum Gasteiger partial charge on any atom is -0.395 e. The van der Waals surface area contributed by atoms with Crippen LogP contribution in [0.15, 0.2) is 18.2 Å². The van der Waals surface area contributed by atoms with Gasteiger partial charge in [0.25, 0.3) is 0 Å². The maximum Gasteiger partial charge on any atom is 0.236 e. The van der Waals surface area contributed by atoms with Gasteiger partial charge in [-0.3, -0.25) is 9.69 Å². The summed E-state index contributed by atoms with van der Waals surface area (Å²) in [6, 6.07) is 3.28. The van der Waals surface area contributed by atoms with Crippen molar-refractivity contribution in [3.8, 4) is 0 Å². The summed E-state index contributed by atoms with van der Waals surface area (Å²) in [4.78, 5) is 15.5. The topological polar surface area (TPSA) is 43.8 Å². The van der Waals surface area contributed by atoms with E-state index in [9.17, 15) is 13.6 Å². The van der Waals surface area contributed by atoms with Crippen LogP contribution in [0, 0.1) is 11.6 Å². The molecule has 0 aliphatic carbocycles. The summed E-state index contributed by atoms with van der Waals surface area (Å²) in [6.07, 6.45) is 0. The molecule has 1 amide bonds. The minimum absolute atomic E-state index is 0.0104. The molecular formula is C15H22F2N2O2. The molecule has 0 saturated heterocycles. The van der Waals surface area contributed by atoms with Crippen LogP contribution in [0.5, 0.6) is 0 Å². The minimum atomic E-state index is -0.921. The number of aliphatic hydroxyl groups excluding tert-OH is 1. The second-order valence-corrected chi connectivity index (χ2v) is 4.95. The number of hydrogen-bond acceptors (Lipinski definition) is 3. The molecule has 0 heterocycles. The van der Waals surface area contributed by atoms with E-state index in [0.717, 1.165) is 12.1 Å². The molecule has 118 valence electrons. The number of amides is 1. The van der Waals surface area contributed by atoms with Crippen molar-refractivity contribution >= 4 is 5.91 Å². The Hall–Kier alpha value is -1.53. The van der Waals surface area contributed by atoms with Gasteiger partial charge in [0.2, 0.25) is 5.91 Å². The fraction of sp³-hybridized carbons (Fsp3) is 0.533. The normalized spacial score (nSPS) is 12.5. The van der Waals surface area contributed by atoms with Crippen LogP contribution in [0.4, 0.5) is 8.78 Å². The fourth-order valence-electron chi connectivity index (χ4n) is 2.01. The molecule has 0 radical (unpaired) electrons. The molecular weight excluding hydrogens is 278 g/mol. The largest absolute Gasteiger partial charge is 0.395 e. The number of halogens is 2. The van der Waals surface area contributed by atoms with Gasteiger partial charge in [0, 0.05) is 13.6 Å². The van der Waals surface area contributed by atoms with Gasteiger partial charge in [-0.25, -0.2) is 8.78 Å². The van der Waals surface area contributed by atoms with Gasteiger partial charge in [-0.15, -0.1) is 0 Å². The van der Waals surface area contributed by atoms with E-state index in [-0.39, 0.29) is 25.1 Å². The summed E-state index contributed by atoms with van der Waals surface area (Å²) in [5.41, 5.74) is 0.537. The third-order valence-corrected chi connectivity index (χ3v) is 3.62. The predicted molar refractivity (Wildman–Crippen MR) is 76.7 cm³/mol. The zero-order chi connectivity index (χ0) is 16.0. The first-order valence-corrected chi connectivity index (χ1v) is 6.94. The van der Waals surface area contributed by atoms with E-state index < -0.39 is 11.6 Å². The number of aliphatic hydroxyl groups is 1. The van der Waals surface area contributed by atoms with Gasteiger partial charge in [-0.05, 0) is 31.2 Å². The maximum absolute atomic E-state index is 13.3. The molecule has 1 aromatic carbocycles. The zero-order valence-corrected chi connectivity index (χ0v) is 12.6. The highest BCUT2D eigenvalue weighted by atomic mass is 19.2. The molecule has 0 spiro atoms. The summed E-state index contributed by atoms with van der Waals surface area (Å²) in [5, 5.41) is 8.92. The molecule has 1 rings (SSSR count). The van der Waals surface area contributed by atoms with Crippen LogP contribution in [0.25, 0.3) is 0 Å². The van der Waals surface area contributed by atoms with Crippen molar-refractivity contribution in [3.63, 3.8) is 0 Å². The Kier molecular flexibility index (Phi) is 6.71. The number of hydrogen-bond donors (Lipinski definition) is 1. The van der Waals surface area contributed by atoms with Crippen LogP contribution in [0.3, 0.4) is 0 Å². The van der Waals surface area contributed by atoms with Crippen molar-refractivity contribution < 1.29 is 18.7 Å². The Morgan fingerprint density at radius 1 is 1.33 bits per heavy atom. The lowest BCUT2D eigenvalue weighted by Gasteiger charge is -2.28. The molecule has 0 fully saturated rings. The van der Waals surface area contributed by atoms with E-state index in [1.807, 2.05) is 11.8 Å². The smallest absolute Gasteiger partial charge is 0.236 e. The lowest BCUT2D eigenvalue weighted by molar-refractivity contribution is -0.133. The summed E-state index contributed by atoms with van der Waals surface area (Å²) < 4.78 is 26.2. The number of carbonyl (C=O) groups excluding carboxylic acids is 1. The second-order valence-electron chi connectivity index (χ2n) is 4.95. The Morgan fingerprint density at radius 2 is 2.00 bits per heavy atom. The lowest BCUT2D eigenvalue weighted by atomic mass is 10.1. The first-order chi connectivity index (χ1) is 9.90. The van der Waals surface area contributed by atoms with Gasteiger partial charge < -0.3 is 10.0 Å². The molecule has 0 aromatic heterocycles. The van der Waals surface area contributed by atoms with E-state index in [2.05, 4.69) is 0 Å². The SMILES string of the molecule is CCN(CCO)CC(=O)N(C)C(C)c1ccc(F)c(F)c1. The van der Waals surface area contributed by atoms with Gasteiger partial charge in [0.05, 0.1) is 19.2 Å². The number of nitrogens with zero attached hydrogens (tertiary/aromatic N) is 2. The van der Waals surface area contributed by atoms with Crippen molar-refractivity contribution in [3.05, 3.63) is 35.4 Å². The van der Waals surface area contributed by atoms with Crippen molar-refractivity contribution in [2.75, 3.05) is 33.3 Å².